The van der Waals surface area contributed by atoms with Gasteiger partial charge in [0, 0.05) is 25.7 Å². The van der Waals surface area contributed by atoms with Crippen molar-refractivity contribution in [1.82, 2.24) is 14.9 Å². The van der Waals surface area contributed by atoms with E-state index in [-0.39, 0.29) is 32.0 Å². The van der Waals surface area contributed by atoms with Gasteiger partial charge in [0.15, 0.2) is 5.96 Å². The summed E-state index contributed by atoms with van der Waals surface area (Å²) in [7, 11) is -3.68. The van der Waals surface area contributed by atoms with Crippen LogP contribution in [0.4, 0.5) is 13.2 Å². The lowest BCUT2D eigenvalue weighted by Gasteiger charge is -2.32. The van der Waals surface area contributed by atoms with E-state index in [1.54, 1.807) is 7.11 Å². The molecule has 0 amide bonds. The summed E-state index contributed by atoms with van der Waals surface area (Å²) < 4.78 is 66.6. The minimum atomic E-state index is -5.27. The van der Waals surface area contributed by atoms with Gasteiger partial charge in [-0.2, -0.15) is 17.5 Å². The number of guanidine groups is 1. The van der Waals surface area contributed by atoms with E-state index in [4.69, 9.17) is 4.74 Å². The smallest absolute Gasteiger partial charge is 0.497 e. The normalized spacial score (nSPS) is 17.4. The summed E-state index contributed by atoms with van der Waals surface area (Å²) in [5.74, 6) is 1.26. The highest BCUT2D eigenvalue weighted by Crippen LogP contribution is 2.28. The van der Waals surface area contributed by atoms with Crippen molar-refractivity contribution in [2.24, 2.45) is 4.99 Å². The number of piperidine rings is 1. The molecule has 0 atom stereocenters. The van der Waals surface area contributed by atoms with Crippen LogP contribution in [0.25, 0.3) is 0 Å². The summed E-state index contributed by atoms with van der Waals surface area (Å²) in [6, 6.07) is 7.31. The standard InChI is InChI=1S/C17H25F3N4O3S/c1-3-21-16(22-12-13-5-4-6-15(11-13)27-2)23-14-7-9-24(10-8-14)28(25,26)17(18,19)20/h4-6,11,14H,3,7-10,12H2,1-2H3,(H2,21,22,23). The molecule has 2 N–H and O–H groups in total. The molecule has 0 radical (unpaired) electrons. The predicted octanol–water partition coefficient (Wildman–Crippen LogP) is 2.06. The minimum Gasteiger partial charge on any atom is -0.497 e. The van der Waals surface area contributed by atoms with Gasteiger partial charge in [0.05, 0.1) is 13.7 Å². The Hall–Kier alpha value is -2.01. The van der Waals surface area contributed by atoms with E-state index in [0.29, 0.717) is 23.4 Å². The molecule has 1 aromatic carbocycles. The molecule has 28 heavy (non-hydrogen) atoms. The van der Waals surface area contributed by atoms with E-state index >= 15 is 0 Å². The van der Waals surface area contributed by atoms with Crippen molar-refractivity contribution in [3.63, 3.8) is 0 Å². The highest BCUT2D eigenvalue weighted by molar-refractivity contribution is 7.90. The molecule has 0 bridgehead atoms. The first-order valence-electron chi connectivity index (χ1n) is 8.91. The number of nitrogens with zero attached hydrogens (tertiary/aromatic N) is 2. The molecule has 158 valence electrons. The van der Waals surface area contributed by atoms with Crippen LogP contribution in [0.5, 0.6) is 5.75 Å². The summed E-state index contributed by atoms with van der Waals surface area (Å²) in [6.07, 6.45) is 0.526. The fraction of sp³-hybridized carbons (Fsp3) is 0.588. The molecule has 1 heterocycles. The van der Waals surface area contributed by atoms with Crippen LogP contribution in [-0.4, -0.2) is 57.0 Å². The second kappa shape index (κ2) is 9.46. The SMILES string of the molecule is CCNC(=NCc1cccc(OC)c1)NC1CCN(S(=O)(=O)C(F)(F)F)CC1. The predicted molar refractivity (Wildman–Crippen MR) is 101 cm³/mol. The van der Waals surface area contributed by atoms with Crippen LogP contribution in [0.1, 0.15) is 25.3 Å². The molecule has 2 rings (SSSR count). The number of rotatable bonds is 6. The van der Waals surface area contributed by atoms with Crippen LogP contribution >= 0.6 is 0 Å². The van der Waals surface area contributed by atoms with Crippen molar-refractivity contribution >= 4 is 16.0 Å². The zero-order valence-electron chi connectivity index (χ0n) is 15.8. The number of hydrogen-bond acceptors (Lipinski definition) is 4. The topological polar surface area (TPSA) is 83.0 Å². The zero-order chi connectivity index (χ0) is 20.8. The highest BCUT2D eigenvalue weighted by atomic mass is 32.2. The number of alkyl halides is 3. The van der Waals surface area contributed by atoms with Crippen LogP contribution < -0.4 is 15.4 Å². The largest absolute Gasteiger partial charge is 0.511 e. The quantitative estimate of drug-likeness (QED) is 0.542. The van der Waals surface area contributed by atoms with Gasteiger partial charge in [-0.3, -0.25) is 0 Å². The van der Waals surface area contributed by atoms with Crippen molar-refractivity contribution in [2.75, 3.05) is 26.7 Å². The molecule has 1 aromatic rings. The van der Waals surface area contributed by atoms with E-state index in [0.717, 1.165) is 11.3 Å². The monoisotopic (exact) mass is 422 g/mol. The van der Waals surface area contributed by atoms with Gasteiger partial charge in [-0.15, -0.1) is 0 Å². The van der Waals surface area contributed by atoms with E-state index < -0.39 is 15.5 Å². The van der Waals surface area contributed by atoms with Gasteiger partial charge in [-0.1, -0.05) is 12.1 Å². The van der Waals surface area contributed by atoms with Crippen molar-refractivity contribution in [2.45, 2.75) is 37.9 Å². The number of aliphatic imine (C=N–C) groups is 1. The summed E-state index contributed by atoms with van der Waals surface area (Å²) in [5.41, 5.74) is -4.32. The molecule has 0 spiro atoms. The first kappa shape index (κ1) is 22.3. The Kier molecular flexibility index (Phi) is 7.53. The van der Waals surface area contributed by atoms with Gasteiger partial charge in [0.1, 0.15) is 5.75 Å². The lowest BCUT2D eigenvalue weighted by atomic mass is 10.1. The third-order valence-corrected chi connectivity index (χ3v) is 5.96. The van der Waals surface area contributed by atoms with Gasteiger partial charge in [-0.05, 0) is 37.5 Å². The molecule has 0 unspecified atom stereocenters. The molecule has 0 saturated carbocycles. The van der Waals surface area contributed by atoms with Crippen LogP contribution in [0.15, 0.2) is 29.3 Å². The van der Waals surface area contributed by atoms with Gasteiger partial charge in [-0.25, -0.2) is 13.4 Å². The number of nitrogens with one attached hydrogen (secondary N) is 2. The molecule has 1 aliphatic rings. The molecule has 0 aromatic heterocycles. The molecule has 1 aliphatic heterocycles. The average molecular weight is 422 g/mol. The Morgan fingerprint density at radius 3 is 2.57 bits per heavy atom. The lowest BCUT2D eigenvalue weighted by Crippen LogP contribution is -2.51. The van der Waals surface area contributed by atoms with Gasteiger partial charge >= 0.3 is 15.5 Å². The number of sulfonamides is 1. The van der Waals surface area contributed by atoms with E-state index in [2.05, 4.69) is 15.6 Å². The molecule has 7 nitrogen and oxygen atoms in total. The fourth-order valence-electron chi connectivity index (χ4n) is 2.84. The van der Waals surface area contributed by atoms with Gasteiger partial charge < -0.3 is 15.4 Å². The van der Waals surface area contributed by atoms with Crippen LogP contribution in [-0.2, 0) is 16.6 Å². The second-order valence-electron chi connectivity index (χ2n) is 6.32. The number of hydrogen-bond donors (Lipinski definition) is 2. The summed E-state index contributed by atoms with van der Waals surface area (Å²) in [4.78, 5) is 4.49. The first-order valence-corrected chi connectivity index (χ1v) is 10.4. The molecule has 11 heteroatoms. The fourth-order valence-corrected chi connectivity index (χ4v) is 3.83. The molecule has 1 fully saturated rings. The average Bonchev–Trinajstić information content (AvgIpc) is 2.66. The van der Waals surface area contributed by atoms with E-state index in [1.165, 1.54) is 0 Å². The van der Waals surface area contributed by atoms with Crippen LogP contribution in [0, 0.1) is 0 Å². The van der Waals surface area contributed by atoms with E-state index in [9.17, 15) is 21.6 Å². The minimum absolute atomic E-state index is 0.164. The highest BCUT2D eigenvalue weighted by Gasteiger charge is 2.50. The Labute approximate surface area is 163 Å². The molecule has 1 saturated heterocycles. The van der Waals surface area contributed by atoms with Gasteiger partial charge in [0.25, 0.3) is 0 Å². The maximum atomic E-state index is 12.7. The summed E-state index contributed by atoms with van der Waals surface area (Å²) in [5, 5.41) is 6.26. The van der Waals surface area contributed by atoms with Crippen molar-refractivity contribution in [3.05, 3.63) is 29.8 Å². The second-order valence-corrected chi connectivity index (χ2v) is 8.24. The van der Waals surface area contributed by atoms with Crippen LogP contribution in [0.3, 0.4) is 0 Å². The summed E-state index contributed by atoms with van der Waals surface area (Å²) in [6.45, 7) is 2.55. The van der Waals surface area contributed by atoms with E-state index in [1.807, 2.05) is 31.2 Å². The number of ether oxygens (including phenoxy) is 1. The third kappa shape index (κ3) is 5.74. The van der Waals surface area contributed by atoms with Gasteiger partial charge in [0.2, 0.25) is 0 Å². The summed E-state index contributed by atoms with van der Waals surface area (Å²) >= 11 is 0. The lowest BCUT2D eigenvalue weighted by molar-refractivity contribution is -0.0494. The number of methoxy groups -OCH3 is 1. The Balaban J connectivity index is 1.96. The first-order chi connectivity index (χ1) is 13.2. The van der Waals surface area contributed by atoms with Crippen LogP contribution in [0.2, 0.25) is 0 Å². The maximum Gasteiger partial charge on any atom is 0.511 e. The zero-order valence-corrected chi connectivity index (χ0v) is 16.6. The third-order valence-electron chi connectivity index (χ3n) is 4.33. The van der Waals surface area contributed by atoms with Crippen molar-refractivity contribution in [1.29, 1.82) is 0 Å². The van der Waals surface area contributed by atoms with Crippen molar-refractivity contribution < 1.29 is 26.3 Å². The molecular weight excluding hydrogens is 397 g/mol. The Bertz CT molecular complexity index is 776. The number of benzene rings is 1. The Morgan fingerprint density at radius 2 is 2.00 bits per heavy atom. The molecule has 0 aliphatic carbocycles. The maximum absolute atomic E-state index is 12.7. The van der Waals surface area contributed by atoms with Crippen molar-refractivity contribution in [3.8, 4) is 5.75 Å². The number of halogens is 3. The molecular formula is C17H25F3N4O3S. The Morgan fingerprint density at radius 1 is 1.32 bits per heavy atom.